The van der Waals surface area contributed by atoms with Crippen LogP contribution in [0.4, 0.5) is 5.82 Å². The standard InChI is InChI=1S/C16H19N3O/c1-18-7-4-8-19(10-9-18)16-14(12-20)11-13-5-2-3-6-15(13)17-16/h2-3,5-6,11-12H,4,7-10H2,1H3. The van der Waals surface area contributed by atoms with Crippen LogP contribution >= 0.6 is 0 Å². The van der Waals surface area contributed by atoms with Crippen LogP contribution in [0.25, 0.3) is 10.9 Å². The summed E-state index contributed by atoms with van der Waals surface area (Å²) in [5.74, 6) is 0.828. The number of aldehydes is 1. The van der Waals surface area contributed by atoms with E-state index >= 15 is 0 Å². The highest BCUT2D eigenvalue weighted by atomic mass is 16.1. The molecule has 1 aliphatic heterocycles. The number of rotatable bonds is 2. The van der Waals surface area contributed by atoms with Gasteiger partial charge in [-0.3, -0.25) is 4.79 Å². The lowest BCUT2D eigenvalue weighted by molar-refractivity contribution is 0.112. The monoisotopic (exact) mass is 269 g/mol. The van der Waals surface area contributed by atoms with Crippen LogP contribution in [0.15, 0.2) is 30.3 Å². The molecule has 1 aromatic heterocycles. The highest BCUT2D eigenvalue weighted by Crippen LogP contribution is 2.23. The maximum absolute atomic E-state index is 11.4. The third kappa shape index (κ3) is 2.51. The number of para-hydroxylation sites is 1. The van der Waals surface area contributed by atoms with Crippen LogP contribution < -0.4 is 4.90 Å². The summed E-state index contributed by atoms with van der Waals surface area (Å²) in [4.78, 5) is 20.7. The molecule has 0 aliphatic carbocycles. The Bertz CT molecular complexity index is 626. The van der Waals surface area contributed by atoms with Gasteiger partial charge in [-0.15, -0.1) is 0 Å². The first-order valence-corrected chi connectivity index (χ1v) is 7.06. The Morgan fingerprint density at radius 1 is 1.15 bits per heavy atom. The van der Waals surface area contributed by atoms with Crippen LogP contribution in [0.5, 0.6) is 0 Å². The summed E-state index contributed by atoms with van der Waals surface area (Å²) in [7, 11) is 2.14. The quantitative estimate of drug-likeness (QED) is 0.783. The van der Waals surface area contributed by atoms with E-state index in [2.05, 4.69) is 16.8 Å². The highest BCUT2D eigenvalue weighted by molar-refractivity contribution is 5.91. The number of benzene rings is 1. The van der Waals surface area contributed by atoms with E-state index in [0.29, 0.717) is 5.56 Å². The van der Waals surface area contributed by atoms with E-state index in [4.69, 9.17) is 4.98 Å². The Hall–Kier alpha value is -1.94. The highest BCUT2D eigenvalue weighted by Gasteiger charge is 2.17. The number of likely N-dealkylation sites (N-methyl/N-ethyl adjacent to an activating group) is 1. The lowest BCUT2D eigenvalue weighted by atomic mass is 10.1. The molecule has 3 rings (SSSR count). The number of pyridine rings is 1. The van der Waals surface area contributed by atoms with Crippen molar-refractivity contribution in [3.8, 4) is 0 Å². The van der Waals surface area contributed by atoms with Gasteiger partial charge >= 0.3 is 0 Å². The molecule has 0 radical (unpaired) electrons. The van der Waals surface area contributed by atoms with E-state index in [1.165, 1.54) is 0 Å². The van der Waals surface area contributed by atoms with Gasteiger partial charge in [0, 0.05) is 25.0 Å². The second-order valence-corrected chi connectivity index (χ2v) is 5.36. The molecule has 1 fully saturated rings. The smallest absolute Gasteiger partial charge is 0.153 e. The number of hydrogen-bond donors (Lipinski definition) is 0. The molecule has 0 unspecified atom stereocenters. The van der Waals surface area contributed by atoms with Gasteiger partial charge in [0.2, 0.25) is 0 Å². The van der Waals surface area contributed by atoms with Gasteiger partial charge in [-0.25, -0.2) is 4.98 Å². The fourth-order valence-electron chi connectivity index (χ4n) is 2.72. The number of fused-ring (bicyclic) bond motifs is 1. The van der Waals surface area contributed by atoms with Crippen LogP contribution in [0.3, 0.4) is 0 Å². The molecule has 0 N–H and O–H groups in total. The van der Waals surface area contributed by atoms with Crippen molar-refractivity contribution >= 4 is 23.0 Å². The van der Waals surface area contributed by atoms with Crippen LogP contribution in [0, 0.1) is 0 Å². The van der Waals surface area contributed by atoms with Crippen LogP contribution in [-0.2, 0) is 0 Å². The second-order valence-electron chi connectivity index (χ2n) is 5.36. The van der Waals surface area contributed by atoms with Crippen molar-refractivity contribution in [2.75, 3.05) is 38.1 Å². The first-order valence-electron chi connectivity index (χ1n) is 7.06. The summed E-state index contributed by atoms with van der Waals surface area (Å²) in [5, 5.41) is 1.02. The molecule has 20 heavy (non-hydrogen) atoms. The fourth-order valence-corrected chi connectivity index (χ4v) is 2.72. The molecular weight excluding hydrogens is 250 g/mol. The molecule has 104 valence electrons. The molecule has 4 heteroatoms. The van der Waals surface area contributed by atoms with Gasteiger partial charge in [-0.2, -0.15) is 0 Å². The van der Waals surface area contributed by atoms with Crippen molar-refractivity contribution in [3.05, 3.63) is 35.9 Å². The van der Waals surface area contributed by atoms with Crippen LogP contribution in [0.1, 0.15) is 16.8 Å². The molecule has 1 aromatic carbocycles. The third-order valence-electron chi connectivity index (χ3n) is 3.88. The maximum Gasteiger partial charge on any atom is 0.153 e. The van der Waals surface area contributed by atoms with E-state index in [-0.39, 0.29) is 0 Å². The van der Waals surface area contributed by atoms with Gasteiger partial charge in [0.15, 0.2) is 6.29 Å². The fraction of sp³-hybridized carbons (Fsp3) is 0.375. The molecule has 2 heterocycles. The number of aromatic nitrogens is 1. The van der Waals surface area contributed by atoms with Gasteiger partial charge < -0.3 is 9.80 Å². The Kier molecular flexibility index (Phi) is 3.65. The number of hydrogen-bond acceptors (Lipinski definition) is 4. The number of carbonyl (C=O) groups is 1. The van der Waals surface area contributed by atoms with E-state index in [9.17, 15) is 4.79 Å². The molecule has 0 spiro atoms. The lowest BCUT2D eigenvalue weighted by Crippen LogP contribution is -2.30. The predicted octanol–water partition coefficient (Wildman–Crippen LogP) is 2.19. The number of anilines is 1. The van der Waals surface area contributed by atoms with Crippen molar-refractivity contribution in [2.45, 2.75) is 6.42 Å². The van der Waals surface area contributed by atoms with E-state index in [0.717, 1.165) is 55.6 Å². The predicted molar refractivity (Wildman–Crippen MR) is 81.5 cm³/mol. The van der Waals surface area contributed by atoms with Crippen LogP contribution in [0.2, 0.25) is 0 Å². The van der Waals surface area contributed by atoms with Gasteiger partial charge in [0.05, 0.1) is 11.1 Å². The topological polar surface area (TPSA) is 36.4 Å². The van der Waals surface area contributed by atoms with Gasteiger partial charge in [-0.1, -0.05) is 18.2 Å². The molecule has 4 nitrogen and oxygen atoms in total. The lowest BCUT2D eigenvalue weighted by Gasteiger charge is -2.23. The molecule has 2 aromatic rings. The molecule has 0 bridgehead atoms. The Labute approximate surface area is 119 Å². The van der Waals surface area contributed by atoms with Crippen molar-refractivity contribution in [3.63, 3.8) is 0 Å². The molecule has 1 aliphatic rings. The Balaban J connectivity index is 2.02. The van der Waals surface area contributed by atoms with Gasteiger partial charge in [0.1, 0.15) is 5.82 Å². The SMILES string of the molecule is CN1CCCN(c2nc3ccccc3cc2C=O)CC1. The van der Waals surface area contributed by atoms with E-state index in [1.807, 2.05) is 30.3 Å². The maximum atomic E-state index is 11.4. The van der Waals surface area contributed by atoms with Crippen LogP contribution in [-0.4, -0.2) is 49.4 Å². The van der Waals surface area contributed by atoms with Crippen molar-refractivity contribution < 1.29 is 4.79 Å². The average molecular weight is 269 g/mol. The first kappa shape index (κ1) is 13.1. The minimum Gasteiger partial charge on any atom is -0.355 e. The van der Waals surface area contributed by atoms with Crippen molar-refractivity contribution in [1.82, 2.24) is 9.88 Å². The minimum absolute atomic E-state index is 0.688. The van der Waals surface area contributed by atoms with E-state index in [1.54, 1.807) is 0 Å². The van der Waals surface area contributed by atoms with Crippen molar-refractivity contribution in [2.24, 2.45) is 0 Å². The molecule has 0 saturated carbocycles. The summed E-state index contributed by atoms with van der Waals surface area (Å²) in [6.45, 7) is 3.98. The Morgan fingerprint density at radius 2 is 2.00 bits per heavy atom. The molecular formula is C16H19N3O. The van der Waals surface area contributed by atoms with E-state index < -0.39 is 0 Å². The summed E-state index contributed by atoms with van der Waals surface area (Å²) in [5.41, 5.74) is 1.64. The molecule has 1 saturated heterocycles. The zero-order chi connectivity index (χ0) is 13.9. The molecule has 0 atom stereocenters. The normalized spacial score (nSPS) is 17.1. The second kappa shape index (κ2) is 5.59. The number of carbonyl (C=O) groups excluding carboxylic acids is 1. The number of nitrogens with zero attached hydrogens (tertiary/aromatic N) is 3. The van der Waals surface area contributed by atoms with Gasteiger partial charge in [-0.05, 0) is 32.1 Å². The van der Waals surface area contributed by atoms with Crippen molar-refractivity contribution in [1.29, 1.82) is 0 Å². The summed E-state index contributed by atoms with van der Waals surface area (Å²) in [6, 6.07) is 9.89. The largest absolute Gasteiger partial charge is 0.355 e. The summed E-state index contributed by atoms with van der Waals surface area (Å²) < 4.78 is 0. The average Bonchev–Trinajstić information content (AvgIpc) is 2.70. The minimum atomic E-state index is 0.688. The zero-order valence-corrected chi connectivity index (χ0v) is 11.7. The first-order chi connectivity index (χ1) is 9.78. The zero-order valence-electron chi connectivity index (χ0n) is 11.7. The molecule has 0 amide bonds. The van der Waals surface area contributed by atoms with Gasteiger partial charge in [0.25, 0.3) is 0 Å². The summed E-state index contributed by atoms with van der Waals surface area (Å²) in [6.07, 6.45) is 2.02. The Morgan fingerprint density at radius 3 is 2.85 bits per heavy atom. The third-order valence-corrected chi connectivity index (χ3v) is 3.88. The summed E-state index contributed by atoms with van der Waals surface area (Å²) >= 11 is 0.